The minimum absolute atomic E-state index is 0.0162. The Labute approximate surface area is 189 Å². The number of benzene rings is 2. The fourth-order valence-corrected chi connectivity index (χ4v) is 4.72. The quantitative estimate of drug-likeness (QED) is 0.421. The van der Waals surface area contributed by atoms with E-state index in [4.69, 9.17) is 5.84 Å². The second kappa shape index (κ2) is 10.1. The summed E-state index contributed by atoms with van der Waals surface area (Å²) in [5, 5.41) is 8.59. The first-order valence-corrected chi connectivity index (χ1v) is 11.6. The lowest BCUT2D eigenvalue weighted by Gasteiger charge is -2.34. The van der Waals surface area contributed by atoms with Gasteiger partial charge < -0.3 is 10.7 Å². The van der Waals surface area contributed by atoms with Crippen molar-refractivity contribution < 1.29 is 13.6 Å². The number of hydrogen-bond acceptors (Lipinski definition) is 5. The molecule has 1 fully saturated rings. The van der Waals surface area contributed by atoms with E-state index in [0.29, 0.717) is 23.1 Å². The molecule has 168 valence electrons. The number of carbonyl (C=O) groups excluding carboxylic acids is 1. The summed E-state index contributed by atoms with van der Waals surface area (Å²) in [7, 11) is 0. The molecule has 1 amide bonds. The first kappa shape index (κ1) is 22.3. The maximum atomic E-state index is 13.3. The molecule has 4 rings (SSSR count). The van der Waals surface area contributed by atoms with Gasteiger partial charge in [0.25, 0.3) is 0 Å². The van der Waals surface area contributed by atoms with Crippen LogP contribution in [0.3, 0.4) is 0 Å². The van der Waals surface area contributed by atoms with Gasteiger partial charge in [0, 0.05) is 18.2 Å². The fraction of sp³-hybridized carbons (Fsp3) is 0.348. The molecule has 0 saturated heterocycles. The fourth-order valence-electron chi connectivity index (χ4n) is 3.98. The largest absolute Gasteiger partial charge is 0.335 e. The third kappa shape index (κ3) is 5.27. The first-order valence-electron chi connectivity index (χ1n) is 10.6. The topological polar surface area (TPSA) is 77.0 Å². The van der Waals surface area contributed by atoms with Crippen molar-refractivity contribution in [2.24, 2.45) is 0 Å². The molecule has 0 bridgehead atoms. The zero-order valence-corrected chi connectivity index (χ0v) is 18.4. The summed E-state index contributed by atoms with van der Waals surface area (Å²) in [5.41, 5.74) is 1.54. The Morgan fingerprint density at radius 3 is 2.28 bits per heavy atom. The van der Waals surface area contributed by atoms with Crippen LogP contribution >= 0.6 is 11.8 Å². The number of rotatable bonds is 7. The van der Waals surface area contributed by atoms with Crippen molar-refractivity contribution in [1.29, 1.82) is 0 Å². The molecule has 0 atom stereocenters. The number of hydrogen-bond donors (Lipinski definition) is 1. The maximum Gasteiger partial charge on any atom is 0.233 e. The highest BCUT2D eigenvalue weighted by atomic mass is 32.2. The Hall–Kier alpha value is -2.94. The van der Waals surface area contributed by atoms with Crippen LogP contribution in [0.5, 0.6) is 0 Å². The van der Waals surface area contributed by atoms with Crippen molar-refractivity contribution in [3.05, 3.63) is 65.7 Å². The highest BCUT2D eigenvalue weighted by Gasteiger charge is 2.26. The number of halogens is 2. The molecule has 0 unspecified atom stereocenters. The maximum absolute atomic E-state index is 13.3. The van der Waals surface area contributed by atoms with Gasteiger partial charge in [-0.2, -0.15) is 0 Å². The van der Waals surface area contributed by atoms with E-state index in [2.05, 4.69) is 10.2 Å². The molecule has 0 radical (unpaired) electrons. The second-order valence-electron chi connectivity index (χ2n) is 7.91. The van der Waals surface area contributed by atoms with Crippen molar-refractivity contribution >= 4 is 17.7 Å². The Morgan fingerprint density at radius 2 is 1.62 bits per heavy atom. The van der Waals surface area contributed by atoms with Crippen molar-refractivity contribution in [3.8, 4) is 11.4 Å². The number of carbonyl (C=O) groups is 1. The second-order valence-corrected chi connectivity index (χ2v) is 8.85. The molecule has 0 aliphatic heterocycles. The van der Waals surface area contributed by atoms with E-state index in [1.165, 1.54) is 47.1 Å². The summed E-state index contributed by atoms with van der Waals surface area (Å²) < 4.78 is 27.8. The molecule has 1 aliphatic carbocycles. The molecule has 1 aliphatic rings. The summed E-state index contributed by atoms with van der Waals surface area (Å²) in [6.07, 6.45) is 5.33. The highest BCUT2D eigenvalue weighted by molar-refractivity contribution is 7.99. The lowest BCUT2D eigenvalue weighted by molar-refractivity contribution is -0.132. The van der Waals surface area contributed by atoms with Crippen LogP contribution in [0.15, 0.2) is 53.7 Å². The minimum atomic E-state index is -0.346. The molecule has 0 spiro atoms. The van der Waals surface area contributed by atoms with E-state index >= 15 is 0 Å². The van der Waals surface area contributed by atoms with Crippen LogP contribution in [0.25, 0.3) is 11.4 Å². The summed E-state index contributed by atoms with van der Waals surface area (Å²) in [4.78, 5) is 15.1. The van der Waals surface area contributed by atoms with Gasteiger partial charge in [0.15, 0.2) is 5.82 Å². The van der Waals surface area contributed by atoms with Crippen LogP contribution in [-0.2, 0) is 11.3 Å². The van der Waals surface area contributed by atoms with E-state index < -0.39 is 0 Å². The van der Waals surface area contributed by atoms with Gasteiger partial charge in [-0.25, -0.2) is 13.5 Å². The average molecular weight is 458 g/mol. The summed E-state index contributed by atoms with van der Waals surface area (Å²) in [6.45, 7) is 0.445. The third-order valence-electron chi connectivity index (χ3n) is 5.69. The predicted molar refractivity (Wildman–Crippen MR) is 120 cm³/mol. The van der Waals surface area contributed by atoms with Gasteiger partial charge in [0.05, 0.1) is 5.75 Å². The molecule has 3 aromatic rings. The molecule has 1 saturated carbocycles. The monoisotopic (exact) mass is 457 g/mol. The smallest absolute Gasteiger partial charge is 0.233 e. The van der Waals surface area contributed by atoms with Crippen LogP contribution in [0, 0.1) is 11.6 Å². The molecule has 2 aromatic carbocycles. The molecule has 1 aromatic heterocycles. The Balaban J connectivity index is 1.46. The van der Waals surface area contributed by atoms with Gasteiger partial charge in [-0.3, -0.25) is 4.79 Å². The van der Waals surface area contributed by atoms with Gasteiger partial charge in [0.1, 0.15) is 11.6 Å². The lowest BCUT2D eigenvalue weighted by Crippen LogP contribution is -2.42. The molecule has 2 N–H and O–H groups in total. The SMILES string of the molecule is Nn1c(SCC(=O)N(Cc2ccc(F)cc2)C2CCCCC2)nnc1-c1ccc(F)cc1. The Bertz CT molecular complexity index is 1050. The van der Waals surface area contributed by atoms with Crippen molar-refractivity contribution in [2.45, 2.75) is 49.8 Å². The van der Waals surface area contributed by atoms with Crippen molar-refractivity contribution in [1.82, 2.24) is 19.8 Å². The van der Waals surface area contributed by atoms with Gasteiger partial charge >= 0.3 is 0 Å². The number of nitrogen functional groups attached to an aromatic ring is 1. The Kier molecular flexibility index (Phi) is 7.04. The van der Waals surface area contributed by atoms with E-state index in [9.17, 15) is 13.6 Å². The molecule has 9 heteroatoms. The van der Waals surface area contributed by atoms with Crippen LogP contribution in [0.4, 0.5) is 8.78 Å². The van der Waals surface area contributed by atoms with Crippen LogP contribution in [0.2, 0.25) is 0 Å². The number of amides is 1. The average Bonchev–Trinajstić information content (AvgIpc) is 3.18. The third-order valence-corrected chi connectivity index (χ3v) is 6.62. The summed E-state index contributed by atoms with van der Waals surface area (Å²) in [6, 6.07) is 12.3. The standard InChI is InChI=1S/C23H25F2N5OS/c24-18-10-6-16(7-11-18)14-29(20-4-2-1-3-5-20)21(31)15-32-23-28-27-22(30(23)26)17-8-12-19(25)13-9-17/h6-13,20H,1-5,14-15,26H2. The minimum Gasteiger partial charge on any atom is -0.335 e. The normalized spacial score (nSPS) is 14.4. The van der Waals surface area contributed by atoms with Crippen molar-refractivity contribution in [2.75, 3.05) is 11.6 Å². The number of nitrogens with two attached hydrogens (primary N) is 1. The number of aromatic nitrogens is 3. The van der Waals surface area contributed by atoms with Gasteiger partial charge in [-0.05, 0) is 54.8 Å². The molecule has 6 nitrogen and oxygen atoms in total. The molecule has 32 heavy (non-hydrogen) atoms. The Morgan fingerprint density at radius 1 is 1.00 bits per heavy atom. The first-order chi connectivity index (χ1) is 15.5. The van der Waals surface area contributed by atoms with Crippen LogP contribution < -0.4 is 5.84 Å². The van der Waals surface area contributed by atoms with E-state index in [1.807, 2.05) is 4.90 Å². The zero-order valence-electron chi connectivity index (χ0n) is 17.6. The molecular formula is C23H25F2N5OS. The van der Waals surface area contributed by atoms with E-state index in [-0.39, 0.29) is 29.3 Å². The lowest BCUT2D eigenvalue weighted by atomic mass is 9.94. The summed E-state index contributed by atoms with van der Waals surface area (Å²) in [5.74, 6) is 6.04. The molecular weight excluding hydrogens is 432 g/mol. The number of thioether (sulfide) groups is 1. The molecule has 1 heterocycles. The van der Waals surface area contributed by atoms with Crippen LogP contribution in [-0.4, -0.2) is 37.5 Å². The van der Waals surface area contributed by atoms with Gasteiger partial charge in [0.2, 0.25) is 11.1 Å². The zero-order chi connectivity index (χ0) is 22.5. The predicted octanol–water partition coefficient (Wildman–Crippen LogP) is 4.39. The summed E-state index contributed by atoms with van der Waals surface area (Å²) >= 11 is 1.22. The van der Waals surface area contributed by atoms with E-state index in [1.54, 1.807) is 24.3 Å². The van der Waals surface area contributed by atoms with Gasteiger partial charge in [-0.1, -0.05) is 43.2 Å². The van der Waals surface area contributed by atoms with Gasteiger partial charge in [-0.15, -0.1) is 10.2 Å². The van der Waals surface area contributed by atoms with Crippen LogP contribution in [0.1, 0.15) is 37.7 Å². The number of nitrogens with zero attached hydrogens (tertiary/aromatic N) is 4. The highest BCUT2D eigenvalue weighted by Crippen LogP contribution is 2.27. The van der Waals surface area contributed by atoms with E-state index in [0.717, 1.165) is 31.2 Å². The van der Waals surface area contributed by atoms with Crippen molar-refractivity contribution in [3.63, 3.8) is 0 Å².